The van der Waals surface area contributed by atoms with Crippen molar-refractivity contribution in [1.82, 2.24) is 4.98 Å². The van der Waals surface area contributed by atoms with Crippen LogP contribution in [0.25, 0.3) is 0 Å². The normalized spacial score (nSPS) is 10.2. The molecule has 4 amide bonds. The highest BCUT2D eigenvalue weighted by atomic mass is 35.5. The molecule has 0 saturated carbocycles. The van der Waals surface area contributed by atoms with Gasteiger partial charge in [0.15, 0.2) is 5.13 Å². The fourth-order valence-corrected chi connectivity index (χ4v) is 3.52. The summed E-state index contributed by atoms with van der Waals surface area (Å²) in [7, 11) is 1.48. The highest BCUT2D eigenvalue weighted by molar-refractivity contribution is 7.14. The van der Waals surface area contributed by atoms with Crippen molar-refractivity contribution in [3.05, 3.63) is 58.6 Å². The molecule has 0 aliphatic heterocycles. The summed E-state index contributed by atoms with van der Waals surface area (Å²) in [5.74, 6) is -0.104. The zero-order valence-electron chi connectivity index (χ0n) is 17.2. The highest BCUT2D eigenvalue weighted by Gasteiger charge is 2.13. The molecule has 0 unspecified atom stereocenters. The second-order valence-electron chi connectivity index (χ2n) is 6.55. The van der Waals surface area contributed by atoms with Crippen LogP contribution >= 0.6 is 22.9 Å². The molecular weight excluding hydrogens is 454 g/mol. The van der Waals surface area contributed by atoms with E-state index in [2.05, 4.69) is 26.3 Å². The van der Waals surface area contributed by atoms with Crippen molar-refractivity contribution >= 4 is 63.0 Å². The van der Waals surface area contributed by atoms with Crippen molar-refractivity contribution in [3.8, 4) is 5.75 Å². The number of aromatic nitrogens is 1. The van der Waals surface area contributed by atoms with Gasteiger partial charge in [-0.25, -0.2) is 9.78 Å². The van der Waals surface area contributed by atoms with Gasteiger partial charge in [-0.15, -0.1) is 11.3 Å². The van der Waals surface area contributed by atoms with Gasteiger partial charge in [0.25, 0.3) is 0 Å². The maximum Gasteiger partial charge on any atom is 0.325 e. The average Bonchev–Trinajstić information content (AvgIpc) is 3.15. The molecule has 32 heavy (non-hydrogen) atoms. The first-order valence-electron chi connectivity index (χ1n) is 9.36. The zero-order valence-corrected chi connectivity index (χ0v) is 18.8. The lowest BCUT2D eigenvalue weighted by Gasteiger charge is -2.12. The van der Waals surface area contributed by atoms with Gasteiger partial charge in [-0.05, 0) is 42.5 Å². The van der Waals surface area contributed by atoms with Crippen LogP contribution in [-0.2, 0) is 16.0 Å². The molecule has 1 heterocycles. The summed E-state index contributed by atoms with van der Waals surface area (Å²) in [6.07, 6.45) is -0.00942. The molecule has 0 atom stereocenters. The molecule has 11 heteroatoms. The summed E-state index contributed by atoms with van der Waals surface area (Å²) in [5, 5.41) is 13.3. The third-order valence-electron chi connectivity index (χ3n) is 4.01. The van der Waals surface area contributed by atoms with E-state index >= 15 is 0 Å². The Kier molecular flexibility index (Phi) is 7.63. The van der Waals surface area contributed by atoms with Gasteiger partial charge in [0.1, 0.15) is 5.75 Å². The van der Waals surface area contributed by atoms with Crippen LogP contribution in [0.1, 0.15) is 12.6 Å². The van der Waals surface area contributed by atoms with E-state index in [1.807, 2.05) is 0 Å². The molecule has 0 fully saturated rings. The fourth-order valence-electron chi connectivity index (χ4n) is 2.68. The van der Waals surface area contributed by atoms with E-state index in [0.717, 1.165) is 0 Å². The number of halogens is 1. The Balaban J connectivity index is 1.58. The summed E-state index contributed by atoms with van der Waals surface area (Å²) in [6, 6.07) is 11.1. The van der Waals surface area contributed by atoms with Crippen LogP contribution in [0.4, 0.5) is 27.0 Å². The first-order chi connectivity index (χ1) is 15.3. The van der Waals surface area contributed by atoms with Crippen molar-refractivity contribution in [3.63, 3.8) is 0 Å². The standard InChI is InChI=1S/C21H20ClN5O4S/c1-12(28)23-15-7-8-18(31-2)17(9-15)26-19(29)10-16-11-32-21(25-16)27-20(30)24-14-5-3-13(22)4-6-14/h3-9,11H,10H2,1-2H3,(H,23,28)(H,26,29)(H2,24,25,27,30). The minimum atomic E-state index is -0.461. The Bertz CT molecular complexity index is 1130. The number of carbonyl (C=O) groups is 3. The quantitative estimate of drug-likeness (QED) is 0.400. The summed E-state index contributed by atoms with van der Waals surface area (Å²) in [5.41, 5.74) is 2.02. The lowest BCUT2D eigenvalue weighted by Crippen LogP contribution is -2.19. The second kappa shape index (κ2) is 10.6. The number of amides is 4. The van der Waals surface area contributed by atoms with Crippen molar-refractivity contribution in [2.45, 2.75) is 13.3 Å². The average molecular weight is 474 g/mol. The number of urea groups is 1. The lowest BCUT2D eigenvalue weighted by atomic mass is 10.2. The first-order valence-corrected chi connectivity index (χ1v) is 10.6. The molecule has 0 bridgehead atoms. The second-order valence-corrected chi connectivity index (χ2v) is 7.85. The Morgan fingerprint density at radius 2 is 1.72 bits per heavy atom. The zero-order chi connectivity index (χ0) is 23.1. The number of benzene rings is 2. The van der Waals surface area contributed by atoms with Crippen LogP contribution in [0.5, 0.6) is 5.75 Å². The molecule has 0 radical (unpaired) electrons. The van der Waals surface area contributed by atoms with Crippen LogP contribution in [-0.4, -0.2) is 29.9 Å². The third kappa shape index (κ3) is 6.69. The van der Waals surface area contributed by atoms with Crippen molar-refractivity contribution in [2.75, 3.05) is 28.4 Å². The predicted octanol–water partition coefficient (Wildman–Crippen LogP) is 4.59. The van der Waals surface area contributed by atoms with Gasteiger partial charge in [0, 0.05) is 28.7 Å². The third-order valence-corrected chi connectivity index (χ3v) is 5.07. The Morgan fingerprint density at radius 1 is 1.00 bits per heavy atom. The number of carbonyl (C=O) groups excluding carboxylic acids is 3. The van der Waals surface area contributed by atoms with E-state index in [4.69, 9.17) is 16.3 Å². The number of ether oxygens (including phenoxy) is 1. The number of anilines is 4. The molecule has 2 aromatic carbocycles. The van der Waals surface area contributed by atoms with Gasteiger partial charge in [-0.3, -0.25) is 14.9 Å². The summed E-state index contributed by atoms with van der Waals surface area (Å²) in [6.45, 7) is 1.39. The minimum absolute atomic E-state index is 0.00942. The van der Waals surface area contributed by atoms with Crippen molar-refractivity contribution in [2.24, 2.45) is 0 Å². The maximum atomic E-state index is 12.5. The van der Waals surface area contributed by atoms with E-state index in [9.17, 15) is 14.4 Å². The van der Waals surface area contributed by atoms with E-state index < -0.39 is 6.03 Å². The van der Waals surface area contributed by atoms with Gasteiger partial charge >= 0.3 is 6.03 Å². The molecule has 0 saturated heterocycles. The summed E-state index contributed by atoms with van der Waals surface area (Å²) < 4.78 is 5.26. The minimum Gasteiger partial charge on any atom is -0.495 e. The number of thiazole rings is 1. The summed E-state index contributed by atoms with van der Waals surface area (Å²) >= 11 is 7.02. The molecule has 4 N–H and O–H groups in total. The smallest absolute Gasteiger partial charge is 0.325 e. The molecule has 0 aliphatic rings. The molecule has 1 aromatic heterocycles. The van der Waals surface area contributed by atoms with E-state index in [-0.39, 0.29) is 18.2 Å². The van der Waals surface area contributed by atoms with Crippen LogP contribution in [0.15, 0.2) is 47.8 Å². The Hall–Kier alpha value is -3.63. The number of nitrogens with zero attached hydrogens (tertiary/aromatic N) is 1. The van der Waals surface area contributed by atoms with Crippen molar-refractivity contribution in [1.29, 1.82) is 0 Å². The molecule has 0 spiro atoms. The van der Waals surface area contributed by atoms with Gasteiger partial charge in [0.05, 0.1) is 24.9 Å². The number of hydrogen-bond acceptors (Lipinski definition) is 6. The van der Waals surface area contributed by atoms with E-state index in [1.165, 1.54) is 25.4 Å². The topological polar surface area (TPSA) is 121 Å². The number of nitrogens with one attached hydrogen (secondary N) is 4. The Labute approximate surface area is 193 Å². The maximum absolute atomic E-state index is 12.5. The fraction of sp³-hybridized carbons (Fsp3) is 0.143. The van der Waals surface area contributed by atoms with E-state index in [1.54, 1.807) is 47.8 Å². The van der Waals surface area contributed by atoms with Crippen LogP contribution in [0, 0.1) is 0 Å². The first kappa shape index (κ1) is 23.0. The van der Waals surface area contributed by atoms with Gasteiger partial charge < -0.3 is 20.7 Å². The van der Waals surface area contributed by atoms with Crippen LogP contribution < -0.4 is 26.0 Å². The van der Waals surface area contributed by atoms with E-state index in [0.29, 0.717) is 38.7 Å². The SMILES string of the molecule is COc1ccc(NC(C)=O)cc1NC(=O)Cc1csc(NC(=O)Nc2ccc(Cl)cc2)n1. The molecule has 3 rings (SSSR count). The number of hydrogen-bond donors (Lipinski definition) is 4. The predicted molar refractivity (Wildman–Crippen MR) is 126 cm³/mol. The largest absolute Gasteiger partial charge is 0.495 e. The Morgan fingerprint density at radius 3 is 2.41 bits per heavy atom. The number of rotatable bonds is 7. The van der Waals surface area contributed by atoms with Crippen LogP contribution in [0.3, 0.4) is 0 Å². The lowest BCUT2D eigenvalue weighted by molar-refractivity contribution is -0.116. The molecule has 3 aromatic rings. The van der Waals surface area contributed by atoms with Crippen molar-refractivity contribution < 1.29 is 19.1 Å². The molecule has 9 nitrogen and oxygen atoms in total. The number of methoxy groups -OCH3 is 1. The molecular formula is C21H20ClN5O4S. The molecule has 0 aliphatic carbocycles. The summed E-state index contributed by atoms with van der Waals surface area (Å²) in [4.78, 5) is 40.1. The highest BCUT2D eigenvalue weighted by Crippen LogP contribution is 2.28. The monoisotopic (exact) mass is 473 g/mol. The van der Waals surface area contributed by atoms with Gasteiger partial charge in [0.2, 0.25) is 11.8 Å². The molecule has 166 valence electrons. The van der Waals surface area contributed by atoms with Gasteiger partial charge in [-0.2, -0.15) is 0 Å². The van der Waals surface area contributed by atoms with Crippen LogP contribution in [0.2, 0.25) is 5.02 Å². The van der Waals surface area contributed by atoms with Gasteiger partial charge in [-0.1, -0.05) is 11.6 Å².